The molecule has 1 fully saturated rings. The van der Waals surface area contributed by atoms with Crippen LogP contribution < -0.4 is 14.8 Å². The van der Waals surface area contributed by atoms with Gasteiger partial charge in [0.2, 0.25) is 5.91 Å². The van der Waals surface area contributed by atoms with E-state index in [1.54, 1.807) is 6.07 Å². The van der Waals surface area contributed by atoms with Crippen molar-refractivity contribution in [3.8, 4) is 11.5 Å². The van der Waals surface area contributed by atoms with E-state index in [4.69, 9.17) is 9.47 Å². The number of nitrogens with zero attached hydrogens (tertiary/aromatic N) is 1. The van der Waals surface area contributed by atoms with Crippen molar-refractivity contribution < 1.29 is 18.7 Å². The summed E-state index contributed by atoms with van der Waals surface area (Å²) < 4.78 is 24.8. The molecule has 0 radical (unpaired) electrons. The number of carbonyl (C=O) groups excluding carboxylic acids is 1. The van der Waals surface area contributed by atoms with Crippen LogP contribution in [0.2, 0.25) is 0 Å². The number of ether oxygens (including phenoxy) is 2. The van der Waals surface area contributed by atoms with Gasteiger partial charge in [0.15, 0.2) is 11.5 Å². The Morgan fingerprint density at radius 2 is 1.86 bits per heavy atom. The Morgan fingerprint density at radius 3 is 2.57 bits per heavy atom. The molecule has 0 saturated carbocycles. The first-order valence-corrected chi connectivity index (χ1v) is 7.30. The Hall–Kier alpha value is -1.82. The van der Waals surface area contributed by atoms with E-state index in [0.29, 0.717) is 43.1 Å². The summed E-state index contributed by atoms with van der Waals surface area (Å²) in [5, 5.41) is 3.20. The summed E-state index contributed by atoms with van der Waals surface area (Å²) in [6.45, 7) is 4.00. The maximum atomic E-state index is 14.0. The lowest BCUT2D eigenvalue weighted by Gasteiger charge is -2.27. The first-order valence-electron chi connectivity index (χ1n) is 7.30. The minimum absolute atomic E-state index is 0.0748. The van der Waals surface area contributed by atoms with Gasteiger partial charge in [-0.05, 0) is 18.1 Å². The summed E-state index contributed by atoms with van der Waals surface area (Å²) in [7, 11) is 0. The third-order valence-electron chi connectivity index (χ3n) is 3.79. The Morgan fingerprint density at radius 1 is 1.19 bits per heavy atom. The molecule has 1 aromatic carbocycles. The number of nitrogens with one attached hydrogen (secondary N) is 1. The Bertz CT molecular complexity index is 530. The summed E-state index contributed by atoms with van der Waals surface area (Å²) in [6, 6.07) is 2.99. The highest BCUT2D eigenvalue weighted by Crippen LogP contribution is 2.33. The van der Waals surface area contributed by atoms with E-state index in [1.165, 1.54) is 6.07 Å². The molecule has 1 saturated heterocycles. The number of halogens is 1. The molecule has 2 heterocycles. The van der Waals surface area contributed by atoms with Gasteiger partial charge in [0.05, 0.1) is 0 Å². The smallest absolute Gasteiger partial charge is 0.222 e. The maximum absolute atomic E-state index is 14.0. The quantitative estimate of drug-likeness (QED) is 0.902. The molecule has 0 aliphatic carbocycles. The molecule has 6 heteroatoms. The normalized spacial score (nSPS) is 17.7. The minimum atomic E-state index is -0.340. The van der Waals surface area contributed by atoms with Crippen LogP contribution in [-0.4, -0.2) is 50.2 Å². The lowest BCUT2D eigenvalue weighted by atomic mass is 10.1. The lowest BCUT2D eigenvalue weighted by Crippen LogP contribution is -2.46. The van der Waals surface area contributed by atoms with E-state index in [-0.39, 0.29) is 11.7 Å². The molecule has 1 amide bonds. The van der Waals surface area contributed by atoms with Gasteiger partial charge in [0.25, 0.3) is 0 Å². The second kappa shape index (κ2) is 6.30. The van der Waals surface area contributed by atoms with Crippen LogP contribution in [0.5, 0.6) is 11.5 Å². The van der Waals surface area contributed by atoms with E-state index in [2.05, 4.69) is 5.32 Å². The van der Waals surface area contributed by atoms with Gasteiger partial charge in [-0.1, -0.05) is 0 Å². The molecule has 0 unspecified atom stereocenters. The van der Waals surface area contributed by atoms with Crippen LogP contribution >= 0.6 is 0 Å². The van der Waals surface area contributed by atoms with Gasteiger partial charge in [-0.3, -0.25) is 4.79 Å². The van der Waals surface area contributed by atoms with Gasteiger partial charge in [0, 0.05) is 38.7 Å². The minimum Gasteiger partial charge on any atom is -0.486 e. The molecule has 0 aromatic heterocycles. The van der Waals surface area contributed by atoms with Gasteiger partial charge in [0.1, 0.15) is 19.0 Å². The molecule has 3 rings (SSSR count). The molecule has 21 heavy (non-hydrogen) atoms. The van der Waals surface area contributed by atoms with Crippen LogP contribution in [0.4, 0.5) is 4.39 Å². The average Bonchev–Trinajstić information content (AvgIpc) is 2.53. The molecule has 114 valence electrons. The zero-order chi connectivity index (χ0) is 14.7. The number of fused-ring (bicyclic) bond motifs is 1. The van der Waals surface area contributed by atoms with Crippen molar-refractivity contribution in [1.82, 2.24) is 10.2 Å². The largest absolute Gasteiger partial charge is 0.486 e. The van der Waals surface area contributed by atoms with Crippen molar-refractivity contribution in [3.05, 3.63) is 23.5 Å². The number of piperazine rings is 1. The van der Waals surface area contributed by atoms with E-state index in [1.807, 2.05) is 4.90 Å². The molecule has 0 atom stereocenters. The summed E-state index contributed by atoms with van der Waals surface area (Å²) in [5.41, 5.74) is 0.503. The second-order valence-electron chi connectivity index (χ2n) is 5.22. The summed E-state index contributed by atoms with van der Waals surface area (Å²) in [4.78, 5) is 13.9. The number of benzene rings is 1. The average molecular weight is 294 g/mol. The fourth-order valence-corrected chi connectivity index (χ4v) is 2.61. The topological polar surface area (TPSA) is 50.8 Å². The standard InChI is InChI=1S/C15H19FN2O3/c16-12-10-14-13(20-7-8-21-14)9-11(12)1-2-15(19)18-5-3-17-4-6-18/h9-10,17H,1-8H2. The van der Waals surface area contributed by atoms with Crippen LogP contribution in [0.1, 0.15) is 12.0 Å². The zero-order valence-corrected chi connectivity index (χ0v) is 11.9. The SMILES string of the molecule is O=C(CCc1cc2c(cc1F)OCCO2)N1CCNCC1. The number of amides is 1. The van der Waals surface area contributed by atoms with Crippen LogP contribution in [0.15, 0.2) is 12.1 Å². The molecular formula is C15H19FN2O3. The van der Waals surface area contributed by atoms with Gasteiger partial charge >= 0.3 is 0 Å². The molecular weight excluding hydrogens is 275 g/mol. The zero-order valence-electron chi connectivity index (χ0n) is 11.9. The van der Waals surface area contributed by atoms with E-state index in [0.717, 1.165) is 26.2 Å². The van der Waals surface area contributed by atoms with Gasteiger partial charge < -0.3 is 19.7 Å². The van der Waals surface area contributed by atoms with Crippen molar-refractivity contribution in [2.45, 2.75) is 12.8 Å². The second-order valence-corrected chi connectivity index (χ2v) is 5.22. The lowest BCUT2D eigenvalue weighted by molar-refractivity contribution is -0.131. The fraction of sp³-hybridized carbons (Fsp3) is 0.533. The Kier molecular flexibility index (Phi) is 4.24. The molecule has 2 aliphatic heterocycles. The predicted octanol–water partition coefficient (Wildman–Crippen LogP) is 0.961. The maximum Gasteiger partial charge on any atom is 0.222 e. The molecule has 1 aromatic rings. The predicted molar refractivity (Wildman–Crippen MR) is 75.2 cm³/mol. The van der Waals surface area contributed by atoms with Crippen LogP contribution in [0.3, 0.4) is 0 Å². The van der Waals surface area contributed by atoms with Crippen molar-refractivity contribution in [2.24, 2.45) is 0 Å². The number of hydrogen-bond donors (Lipinski definition) is 1. The summed E-state index contributed by atoms with van der Waals surface area (Å²) >= 11 is 0. The molecule has 0 spiro atoms. The third kappa shape index (κ3) is 3.26. The highest BCUT2D eigenvalue weighted by Gasteiger charge is 2.19. The Labute approximate surface area is 123 Å². The molecule has 0 bridgehead atoms. The van der Waals surface area contributed by atoms with Gasteiger partial charge in [-0.2, -0.15) is 0 Å². The third-order valence-corrected chi connectivity index (χ3v) is 3.79. The number of rotatable bonds is 3. The summed E-state index contributed by atoms with van der Waals surface area (Å²) in [5.74, 6) is 0.737. The van der Waals surface area contributed by atoms with Gasteiger partial charge in [-0.15, -0.1) is 0 Å². The highest BCUT2D eigenvalue weighted by atomic mass is 19.1. The molecule has 1 N–H and O–H groups in total. The summed E-state index contributed by atoms with van der Waals surface area (Å²) in [6.07, 6.45) is 0.696. The van der Waals surface area contributed by atoms with E-state index in [9.17, 15) is 9.18 Å². The number of aryl methyl sites for hydroxylation is 1. The van der Waals surface area contributed by atoms with Crippen molar-refractivity contribution in [3.63, 3.8) is 0 Å². The first-order chi connectivity index (χ1) is 10.2. The highest BCUT2D eigenvalue weighted by molar-refractivity contribution is 5.76. The Balaban J connectivity index is 1.63. The molecule has 5 nitrogen and oxygen atoms in total. The van der Waals surface area contributed by atoms with E-state index >= 15 is 0 Å². The van der Waals surface area contributed by atoms with Crippen LogP contribution in [-0.2, 0) is 11.2 Å². The van der Waals surface area contributed by atoms with Crippen molar-refractivity contribution in [1.29, 1.82) is 0 Å². The van der Waals surface area contributed by atoms with Crippen molar-refractivity contribution >= 4 is 5.91 Å². The van der Waals surface area contributed by atoms with Crippen molar-refractivity contribution in [2.75, 3.05) is 39.4 Å². The van der Waals surface area contributed by atoms with Gasteiger partial charge in [-0.25, -0.2) is 4.39 Å². The fourth-order valence-electron chi connectivity index (χ4n) is 2.61. The number of hydrogen-bond acceptors (Lipinski definition) is 4. The first kappa shape index (κ1) is 14.1. The van der Waals surface area contributed by atoms with E-state index < -0.39 is 0 Å². The van der Waals surface area contributed by atoms with Crippen LogP contribution in [0.25, 0.3) is 0 Å². The molecule has 2 aliphatic rings. The van der Waals surface area contributed by atoms with Crippen LogP contribution in [0, 0.1) is 5.82 Å². The monoisotopic (exact) mass is 294 g/mol. The number of carbonyl (C=O) groups is 1.